The summed E-state index contributed by atoms with van der Waals surface area (Å²) in [5, 5.41) is 0.311. The molecule has 0 aromatic carbocycles. The molecule has 1 nitrogen and oxygen atoms in total. The minimum atomic E-state index is -1.58. The van der Waals surface area contributed by atoms with E-state index in [1.165, 1.54) is 17.3 Å². The van der Waals surface area contributed by atoms with Crippen LogP contribution in [-0.4, -0.2) is 14.9 Å². The molecule has 0 saturated heterocycles. The predicted octanol–water partition coefficient (Wildman–Crippen LogP) is 5.33. The summed E-state index contributed by atoms with van der Waals surface area (Å²) >= 11 is 3.71. The van der Waals surface area contributed by atoms with Gasteiger partial charge in [0.1, 0.15) is 0 Å². The van der Waals surface area contributed by atoms with Gasteiger partial charge in [-0.05, 0) is 41.4 Å². The first-order chi connectivity index (χ1) is 7.63. The summed E-state index contributed by atoms with van der Waals surface area (Å²) in [6.45, 7) is 14.7. The molecule has 0 N–H and O–H groups in total. The van der Waals surface area contributed by atoms with Crippen molar-refractivity contribution in [3.05, 3.63) is 10.6 Å². The summed E-state index contributed by atoms with van der Waals surface area (Å²) in [6, 6.07) is 0. The Kier molecular flexibility index (Phi) is 5.07. The number of hydrogen-bond acceptors (Lipinski definition) is 1. The smallest absolute Gasteiger partial charge is 0.192 e. The van der Waals surface area contributed by atoms with Crippen molar-refractivity contribution >= 4 is 24.2 Å². The van der Waals surface area contributed by atoms with Gasteiger partial charge in [-0.25, -0.2) is 0 Å². The molecular weight excluding hydrogens is 292 g/mol. The van der Waals surface area contributed by atoms with Gasteiger partial charge in [0.15, 0.2) is 8.32 Å². The van der Waals surface area contributed by atoms with E-state index in [1.807, 2.05) is 0 Å². The lowest BCUT2D eigenvalue weighted by Crippen LogP contribution is -2.42. The quantitative estimate of drug-likeness (QED) is 0.639. The number of hydrogen-bond donors (Lipinski definition) is 0. The standard InChI is InChI=1S/C14H27BrOSi/c1-11-7-8-12(13(15)9-11)10-16-17(5,6)14(2,3)4/h9,11-12H,7-8,10H2,1-6H3/t11-,12+/m1/s1. The lowest BCUT2D eigenvalue weighted by atomic mass is 9.90. The van der Waals surface area contributed by atoms with Crippen molar-refractivity contribution in [3.8, 4) is 0 Å². The van der Waals surface area contributed by atoms with Crippen molar-refractivity contribution in [2.75, 3.05) is 6.61 Å². The lowest BCUT2D eigenvalue weighted by Gasteiger charge is -2.38. The average molecular weight is 319 g/mol. The van der Waals surface area contributed by atoms with Gasteiger partial charge < -0.3 is 4.43 Å². The first kappa shape index (κ1) is 15.5. The zero-order chi connectivity index (χ0) is 13.3. The van der Waals surface area contributed by atoms with Gasteiger partial charge in [-0.3, -0.25) is 0 Å². The number of rotatable bonds is 3. The minimum absolute atomic E-state index is 0.311. The van der Waals surface area contributed by atoms with Crippen molar-refractivity contribution in [2.45, 2.75) is 58.7 Å². The van der Waals surface area contributed by atoms with E-state index in [0.29, 0.717) is 16.9 Å². The van der Waals surface area contributed by atoms with Crippen molar-refractivity contribution in [2.24, 2.45) is 11.8 Å². The molecule has 0 unspecified atom stereocenters. The summed E-state index contributed by atoms with van der Waals surface area (Å²) in [5.41, 5.74) is 0. The van der Waals surface area contributed by atoms with E-state index in [4.69, 9.17) is 4.43 Å². The maximum atomic E-state index is 6.31. The van der Waals surface area contributed by atoms with Crippen LogP contribution in [0.5, 0.6) is 0 Å². The van der Waals surface area contributed by atoms with E-state index in [1.54, 1.807) is 0 Å². The van der Waals surface area contributed by atoms with Crippen molar-refractivity contribution in [3.63, 3.8) is 0 Å². The number of allylic oxidation sites excluding steroid dienone is 1. The number of halogens is 1. The van der Waals surface area contributed by atoms with Crippen LogP contribution in [0.2, 0.25) is 18.1 Å². The predicted molar refractivity (Wildman–Crippen MR) is 82.0 cm³/mol. The molecule has 0 aromatic heterocycles. The molecule has 100 valence electrons. The minimum Gasteiger partial charge on any atom is -0.416 e. The molecule has 0 bridgehead atoms. The van der Waals surface area contributed by atoms with Crippen LogP contribution in [0.1, 0.15) is 40.5 Å². The van der Waals surface area contributed by atoms with E-state index >= 15 is 0 Å². The van der Waals surface area contributed by atoms with Gasteiger partial charge in [0.25, 0.3) is 0 Å². The second kappa shape index (κ2) is 5.58. The van der Waals surface area contributed by atoms with Crippen molar-refractivity contribution < 1.29 is 4.43 Å². The third-order valence-corrected chi connectivity index (χ3v) is 9.67. The van der Waals surface area contributed by atoms with Crippen LogP contribution >= 0.6 is 15.9 Å². The van der Waals surface area contributed by atoms with Gasteiger partial charge in [0.2, 0.25) is 0 Å². The van der Waals surface area contributed by atoms with Gasteiger partial charge in [-0.1, -0.05) is 49.7 Å². The second-order valence-corrected chi connectivity index (χ2v) is 12.6. The molecule has 1 rings (SSSR count). The highest BCUT2D eigenvalue weighted by molar-refractivity contribution is 9.11. The highest BCUT2D eigenvalue weighted by Crippen LogP contribution is 2.38. The zero-order valence-electron chi connectivity index (χ0n) is 12.1. The highest BCUT2D eigenvalue weighted by atomic mass is 79.9. The van der Waals surface area contributed by atoms with E-state index in [2.05, 4.69) is 62.8 Å². The van der Waals surface area contributed by atoms with Crippen molar-refractivity contribution in [1.29, 1.82) is 0 Å². The molecule has 1 aliphatic carbocycles. The Morgan fingerprint density at radius 3 is 2.41 bits per heavy atom. The molecule has 1 aliphatic rings. The van der Waals surface area contributed by atoms with Gasteiger partial charge in [-0.15, -0.1) is 0 Å². The lowest BCUT2D eigenvalue weighted by molar-refractivity contribution is 0.234. The van der Waals surface area contributed by atoms with E-state index in [9.17, 15) is 0 Å². The van der Waals surface area contributed by atoms with Gasteiger partial charge in [-0.2, -0.15) is 0 Å². The maximum Gasteiger partial charge on any atom is 0.192 e. The molecule has 0 radical (unpaired) electrons. The maximum absolute atomic E-state index is 6.31. The van der Waals surface area contributed by atoms with Crippen LogP contribution in [0, 0.1) is 11.8 Å². The Labute approximate surface area is 116 Å². The van der Waals surface area contributed by atoms with Gasteiger partial charge in [0, 0.05) is 12.5 Å². The molecular formula is C14H27BrOSi. The third-order valence-electron chi connectivity index (χ3n) is 4.26. The summed E-state index contributed by atoms with van der Waals surface area (Å²) in [5.74, 6) is 1.30. The first-order valence-corrected chi connectivity index (χ1v) is 10.3. The molecule has 0 aliphatic heterocycles. The van der Waals surface area contributed by atoms with Gasteiger partial charge >= 0.3 is 0 Å². The molecule has 2 atom stereocenters. The molecule has 17 heavy (non-hydrogen) atoms. The first-order valence-electron chi connectivity index (χ1n) is 6.64. The third kappa shape index (κ3) is 4.21. The molecule has 0 saturated carbocycles. The highest BCUT2D eigenvalue weighted by Gasteiger charge is 2.37. The van der Waals surface area contributed by atoms with Crippen LogP contribution < -0.4 is 0 Å². The Hall–Kier alpha value is 0.397. The topological polar surface area (TPSA) is 9.23 Å². The van der Waals surface area contributed by atoms with Gasteiger partial charge in [0.05, 0.1) is 0 Å². The van der Waals surface area contributed by atoms with Crippen LogP contribution in [0.15, 0.2) is 10.6 Å². The second-order valence-electron chi connectivity index (χ2n) is 6.87. The summed E-state index contributed by atoms with van der Waals surface area (Å²) in [6.07, 6.45) is 4.90. The summed E-state index contributed by atoms with van der Waals surface area (Å²) in [7, 11) is -1.58. The van der Waals surface area contributed by atoms with Crippen LogP contribution in [0.3, 0.4) is 0 Å². The Bertz CT molecular complexity index is 291. The average Bonchev–Trinajstić information content (AvgIpc) is 2.14. The molecule has 0 spiro atoms. The largest absolute Gasteiger partial charge is 0.416 e. The molecule has 0 fully saturated rings. The molecule has 3 heteroatoms. The molecule has 0 heterocycles. The molecule has 0 amide bonds. The van der Waals surface area contributed by atoms with Crippen molar-refractivity contribution in [1.82, 2.24) is 0 Å². The zero-order valence-corrected chi connectivity index (χ0v) is 14.7. The summed E-state index contributed by atoms with van der Waals surface area (Å²) < 4.78 is 7.66. The summed E-state index contributed by atoms with van der Waals surface area (Å²) in [4.78, 5) is 0. The fourth-order valence-corrected chi connectivity index (χ4v) is 3.64. The monoisotopic (exact) mass is 318 g/mol. The Morgan fingerprint density at radius 1 is 1.35 bits per heavy atom. The van der Waals surface area contributed by atoms with E-state index in [0.717, 1.165) is 6.61 Å². The molecule has 0 aromatic rings. The van der Waals surface area contributed by atoms with E-state index in [-0.39, 0.29) is 0 Å². The van der Waals surface area contributed by atoms with Crippen LogP contribution in [-0.2, 0) is 4.43 Å². The van der Waals surface area contributed by atoms with Crippen LogP contribution in [0.25, 0.3) is 0 Å². The Morgan fingerprint density at radius 2 is 1.94 bits per heavy atom. The van der Waals surface area contributed by atoms with Crippen LogP contribution in [0.4, 0.5) is 0 Å². The SMILES string of the molecule is C[C@H]1C=C(Br)[C@H](CO[Si](C)(C)C(C)(C)C)CC1. The normalized spacial score (nSPS) is 26.9. The Balaban J connectivity index is 2.55. The fraction of sp³-hybridized carbons (Fsp3) is 0.857. The van der Waals surface area contributed by atoms with E-state index < -0.39 is 8.32 Å². The fourth-order valence-electron chi connectivity index (χ4n) is 1.78.